The zero-order chi connectivity index (χ0) is 20.6. The summed E-state index contributed by atoms with van der Waals surface area (Å²) >= 11 is 0. The van der Waals surface area contributed by atoms with Crippen LogP contribution in [-0.2, 0) is 10.0 Å². The van der Waals surface area contributed by atoms with E-state index in [9.17, 15) is 13.2 Å². The van der Waals surface area contributed by atoms with Gasteiger partial charge in [-0.3, -0.25) is 4.79 Å². The standard InChI is InChI=1S/C21H25N3O3S/c1-13(2)12-24-16(5)23-28(26,27)20-11-17(7-9-19(20)24)21(25)22-18-8-6-14(3)10-15(18)4/h6-11,13H,12H2,1-5H3,(H,22,25). The molecule has 0 fully saturated rings. The minimum absolute atomic E-state index is 0.0621. The summed E-state index contributed by atoms with van der Waals surface area (Å²) in [5, 5.41) is 2.86. The van der Waals surface area contributed by atoms with Gasteiger partial charge in [0, 0.05) is 17.8 Å². The number of carbonyl (C=O) groups excluding carboxylic acids is 1. The third kappa shape index (κ3) is 3.94. The Morgan fingerprint density at radius 1 is 1.11 bits per heavy atom. The molecule has 0 saturated heterocycles. The van der Waals surface area contributed by atoms with E-state index in [1.807, 2.05) is 36.9 Å². The first-order valence-corrected chi connectivity index (χ1v) is 10.6. The van der Waals surface area contributed by atoms with Gasteiger partial charge in [-0.1, -0.05) is 31.5 Å². The Morgan fingerprint density at radius 2 is 1.82 bits per heavy atom. The third-order valence-electron chi connectivity index (χ3n) is 4.61. The van der Waals surface area contributed by atoms with Crippen LogP contribution < -0.4 is 10.2 Å². The Bertz CT molecular complexity index is 1070. The molecule has 1 heterocycles. The maximum absolute atomic E-state index is 12.7. The highest BCUT2D eigenvalue weighted by Crippen LogP contribution is 2.33. The van der Waals surface area contributed by atoms with Crippen molar-refractivity contribution in [2.75, 3.05) is 16.8 Å². The Kier molecular flexibility index (Phi) is 5.30. The summed E-state index contributed by atoms with van der Waals surface area (Å²) in [6.07, 6.45) is 0. The number of anilines is 2. The average Bonchev–Trinajstić information content (AvgIpc) is 2.60. The summed E-state index contributed by atoms with van der Waals surface area (Å²) in [6.45, 7) is 10.3. The van der Waals surface area contributed by atoms with Crippen LogP contribution in [0.5, 0.6) is 0 Å². The van der Waals surface area contributed by atoms with Gasteiger partial charge in [0.2, 0.25) is 0 Å². The van der Waals surface area contributed by atoms with Gasteiger partial charge in [-0.25, -0.2) is 0 Å². The van der Waals surface area contributed by atoms with Crippen LogP contribution >= 0.6 is 0 Å². The van der Waals surface area contributed by atoms with Crippen LogP contribution in [0, 0.1) is 19.8 Å². The molecule has 28 heavy (non-hydrogen) atoms. The van der Waals surface area contributed by atoms with E-state index < -0.39 is 10.0 Å². The number of aryl methyl sites for hydroxylation is 2. The maximum Gasteiger partial charge on any atom is 0.286 e. The Balaban J connectivity index is 1.97. The summed E-state index contributed by atoms with van der Waals surface area (Å²) in [7, 11) is -3.84. The van der Waals surface area contributed by atoms with Crippen molar-refractivity contribution in [2.45, 2.75) is 39.5 Å². The van der Waals surface area contributed by atoms with E-state index in [1.54, 1.807) is 19.1 Å². The molecule has 0 unspecified atom stereocenters. The minimum atomic E-state index is -3.84. The van der Waals surface area contributed by atoms with Crippen molar-refractivity contribution in [1.82, 2.24) is 0 Å². The minimum Gasteiger partial charge on any atom is -0.328 e. The Labute approximate surface area is 166 Å². The normalized spacial score (nSPS) is 15.2. The monoisotopic (exact) mass is 399 g/mol. The number of carbonyl (C=O) groups is 1. The fourth-order valence-corrected chi connectivity index (χ4v) is 4.54. The van der Waals surface area contributed by atoms with Gasteiger partial charge in [-0.05, 0) is 56.5 Å². The second kappa shape index (κ2) is 7.39. The van der Waals surface area contributed by atoms with Crippen molar-refractivity contribution in [2.24, 2.45) is 10.3 Å². The summed E-state index contributed by atoms with van der Waals surface area (Å²) < 4.78 is 29.1. The number of benzene rings is 2. The summed E-state index contributed by atoms with van der Waals surface area (Å²) in [6, 6.07) is 10.5. The molecule has 1 aliphatic rings. The summed E-state index contributed by atoms with van der Waals surface area (Å²) in [4.78, 5) is 14.7. The fourth-order valence-electron chi connectivity index (χ4n) is 3.28. The van der Waals surface area contributed by atoms with Crippen molar-refractivity contribution in [3.63, 3.8) is 0 Å². The molecule has 0 saturated carbocycles. The highest BCUT2D eigenvalue weighted by Gasteiger charge is 2.30. The molecule has 0 spiro atoms. The highest BCUT2D eigenvalue weighted by molar-refractivity contribution is 7.90. The summed E-state index contributed by atoms with van der Waals surface area (Å²) in [5.41, 5.74) is 3.59. The number of hydrogen-bond donors (Lipinski definition) is 1. The maximum atomic E-state index is 12.7. The molecule has 1 aliphatic heterocycles. The van der Waals surface area contributed by atoms with E-state index in [2.05, 4.69) is 23.6 Å². The van der Waals surface area contributed by atoms with Crippen LogP contribution in [0.25, 0.3) is 0 Å². The Morgan fingerprint density at radius 3 is 2.46 bits per heavy atom. The first-order chi connectivity index (χ1) is 13.1. The quantitative estimate of drug-likeness (QED) is 0.838. The lowest BCUT2D eigenvalue weighted by Gasteiger charge is -2.30. The number of hydrogen-bond acceptors (Lipinski definition) is 4. The van der Waals surface area contributed by atoms with Crippen molar-refractivity contribution in [3.8, 4) is 0 Å². The topological polar surface area (TPSA) is 78.8 Å². The second-order valence-electron chi connectivity index (χ2n) is 7.57. The van der Waals surface area contributed by atoms with Crippen molar-refractivity contribution in [3.05, 3.63) is 53.1 Å². The molecule has 0 atom stereocenters. The molecule has 2 aromatic carbocycles. The van der Waals surface area contributed by atoms with E-state index in [4.69, 9.17) is 0 Å². The van der Waals surface area contributed by atoms with Gasteiger partial charge in [0.25, 0.3) is 15.9 Å². The molecule has 7 heteroatoms. The number of nitrogens with zero attached hydrogens (tertiary/aromatic N) is 2. The number of amides is 1. The lowest BCUT2D eigenvalue weighted by molar-refractivity contribution is 0.102. The predicted molar refractivity (Wildman–Crippen MR) is 113 cm³/mol. The van der Waals surface area contributed by atoms with Gasteiger partial charge < -0.3 is 10.2 Å². The van der Waals surface area contributed by atoms with Crippen molar-refractivity contribution >= 4 is 33.1 Å². The Hall–Kier alpha value is -2.67. The summed E-state index contributed by atoms with van der Waals surface area (Å²) in [5.74, 6) is 0.409. The molecule has 6 nitrogen and oxygen atoms in total. The number of nitrogens with one attached hydrogen (secondary N) is 1. The molecular weight excluding hydrogens is 374 g/mol. The number of fused-ring (bicyclic) bond motifs is 1. The average molecular weight is 400 g/mol. The fraction of sp³-hybridized carbons (Fsp3) is 0.333. The van der Waals surface area contributed by atoms with Crippen LogP contribution in [0.3, 0.4) is 0 Å². The number of sulfonamides is 1. The van der Waals surface area contributed by atoms with Gasteiger partial charge >= 0.3 is 0 Å². The molecular formula is C21H25N3O3S. The van der Waals surface area contributed by atoms with Crippen molar-refractivity contribution in [1.29, 1.82) is 0 Å². The van der Waals surface area contributed by atoms with E-state index in [0.29, 0.717) is 29.7 Å². The van der Waals surface area contributed by atoms with E-state index in [0.717, 1.165) is 11.1 Å². The number of rotatable bonds is 4. The second-order valence-corrected chi connectivity index (χ2v) is 9.15. The SMILES string of the molecule is CC1=NS(=O)(=O)c2cc(C(=O)Nc3ccc(C)cc3C)ccc2N1CC(C)C. The van der Waals surface area contributed by atoms with Gasteiger partial charge in [0.1, 0.15) is 10.7 Å². The lowest BCUT2D eigenvalue weighted by atomic mass is 10.1. The zero-order valence-electron chi connectivity index (χ0n) is 16.8. The first kappa shape index (κ1) is 20.1. The van der Waals surface area contributed by atoms with Crippen molar-refractivity contribution < 1.29 is 13.2 Å². The molecule has 1 N–H and O–H groups in total. The third-order valence-corrected chi connectivity index (χ3v) is 6.00. The van der Waals surface area contributed by atoms with Gasteiger partial charge in [-0.2, -0.15) is 8.42 Å². The molecule has 2 aromatic rings. The molecule has 1 amide bonds. The van der Waals surface area contributed by atoms with Crippen LogP contribution in [0.1, 0.15) is 42.3 Å². The smallest absolute Gasteiger partial charge is 0.286 e. The van der Waals surface area contributed by atoms with E-state index >= 15 is 0 Å². The zero-order valence-corrected chi connectivity index (χ0v) is 17.6. The molecule has 3 rings (SSSR count). The predicted octanol–water partition coefficient (Wildman–Crippen LogP) is 4.14. The highest BCUT2D eigenvalue weighted by atomic mass is 32.2. The van der Waals surface area contributed by atoms with E-state index in [1.165, 1.54) is 6.07 Å². The first-order valence-electron chi connectivity index (χ1n) is 9.20. The largest absolute Gasteiger partial charge is 0.328 e. The lowest BCUT2D eigenvalue weighted by Crippen LogP contribution is -2.36. The molecule has 0 aromatic heterocycles. The van der Waals surface area contributed by atoms with Crippen LogP contribution in [0.4, 0.5) is 11.4 Å². The molecule has 0 aliphatic carbocycles. The molecule has 0 radical (unpaired) electrons. The van der Waals surface area contributed by atoms with Gasteiger partial charge in [0.05, 0.1) is 5.69 Å². The van der Waals surface area contributed by atoms with Gasteiger partial charge in [-0.15, -0.1) is 4.40 Å². The number of amidine groups is 1. The van der Waals surface area contributed by atoms with E-state index in [-0.39, 0.29) is 16.4 Å². The molecule has 0 bridgehead atoms. The van der Waals surface area contributed by atoms with Gasteiger partial charge in [0.15, 0.2) is 0 Å². The van der Waals surface area contributed by atoms with Crippen LogP contribution in [-0.4, -0.2) is 26.7 Å². The van der Waals surface area contributed by atoms with Crippen LogP contribution in [0.15, 0.2) is 45.7 Å². The molecule has 148 valence electrons. The van der Waals surface area contributed by atoms with Crippen LogP contribution in [0.2, 0.25) is 0 Å².